The van der Waals surface area contributed by atoms with E-state index in [1.54, 1.807) is 32.0 Å². The van der Waals surface area contributed by atoms with Gasteiger partial charge in [-0.05, 0) is 68.7 Å². The number of carbonyl (C=O) groups excluding carboxylic acids is 1. The number of ketones is 1. The smallest absolute Gasteiger partial charge is 0.335 e. The molecule has 0 saturated heterocycles. The van der Waals surface area contributed by atoms with Gasteiger partial charge in [-0.25, -0.2) is 4.79 Å². The summed E-state index contributed by atoms with van der Waals surface area (Å²) >= 11 is 0. The van der Waals surface area contributed by atoms with Crippen LogP contribution in [0.1, 0.15) is 41.8 Å². The lowest BCUT2D eigenvalue weighted by molar-refractivity contribution is -0.116. The fraction of sp³-hybridized carbons (Fsp3) is 0.300. The van der Waals surface area contributed by atoms with Gasteiger partial charge in [0.1, 0.15) is 11.5 Å². The van der Waals surface area contributed by atoms with Crippen LogP contribution in [-0.2, 0) is 11.2 Å². The highest BCUT2D eigenvalue weighted by Gasteiger charge is 2.06. The van der Waals surface area contributed by atoms with Gasteiger partial charge in [-0.15, -0.1) is 0 Å². The van der Waals surface area contributed by atoms with Crippen molar-refractivity contribution in [3.05, 3.63) is 53.1 Å². The number of ether oxygens (including phenoxy) is 1. The Kier molecular flexibility index (Phi) is 8.15. The number of hydrogen-bond donors (Lipinski definition) is 3. The fourth-order valence-electron chi connectivity index (χ4n) is 2.19. The maximum Gasteiger partial charge on any atom is 0.335 e. The minimum atomic E-state index is -0.970. The summed E-state index contributed by atoms with van der Waals surface area (Å²) in [7, 11) is 0. The molecule has 2 rings (SSSR count). The van der Waals surface area contributed by atoms with E-state index in [1.807, 2.05) is 6.92 Å². The average molecular weight is 360 g/mol. The van der Waals surface area contributed by atoms with E-state index < -0.39 is 5.97 Å². The maximum absolute atomic E-state index is 10.8. The lowest BCUT2D eigenvalue weighted by Crippen LogP contribution is -1.98. The van der Waals surface area contributed by atoms with Gasteiger partial charge in [-0.2, -0.15) is 0 Å². The van der Waals surface area contributed by atoms with Gasteiger partial charge in [-0.3, -0.25) is 0 Å². The van der Waals surface area contributed by atoms with Gasteiger partial charge in [0.2, 0.25) is 0 Å². The molecule has 140 valence electrons. The zero-order valence-corrected chi connectivity index (χ0v) is 15.2. The van der Waals surface area contributed by atoms with Gasteiger partial charge >= 0.3 is 5.97 Å². The fourth-order valence-corrected chi connectivity index (χ4v) is 2.19. The zero-order valence-electron chi connectivity index (χ0n) is 15.2. The molecule has 0 aliphatic heterocycles. The van der Waals surface area contributed by atoms with Gasteiger partial charge in [-0.1, -0.05) is 6.07 Å². The number of Topliss-reactive ketones (excluding diaryl/α,β-unsaturated/α-hetero) is 1. The number of benzene rings is 2. The molecule has 26 heavy (non-hydrogen) atoms. The second-order valence-electron chi connectivity index (χ2n) is 5.74. The van der Waals surface area contributed by atoms with Crippen molar-refractivity contribution in [2.45, 2.75) is 33.6 Å². The third-order valence-electron chi connectivity index (χ3n) is 3.53. The van der Waals surface area contributed by atoms with Gasteiger partial charge in [0.15, 0.2) is 11.5 Å². The third kappa shape index (κ3) is 6.84. The Balaban J connectivity index is 0.000000273. The number of carboxylic acids is 1. The maximum atomic E-state index is 10.8. The predicted molar refractivity (Wildman–Crippen MR) is 98.1 cm³/mol. The van der Waals surface area contributed by atoms with Crippen LogP contribution in [-0.4, -0.2) is 33.7 Å². The van der Waals surface area contributed by atoms with E-state index in [0.717, 1.165) is 5.56 Å². The average Bonchev–Trinajstić information content (AvgIpc) is 2.56. The van der Waals surface area contributed by atoms with Crippen LogP contribution in [0.15, 0.2) is 36.4 Å². The lowest BCUT2D eigenvalue weighted by atomic mass is 10.1. The zero-order chi connectivity index (χ0) is 19.7. The highest BCUT2D eigenvalue weighted by Crippen LogP contribution is 2.27. The van der Waals surface area contributed by atoms with Crippen LogP contribution in [0, 0.1) is 6.92 Å². The molecule has 3 N–H and O–H groups in total. The van der Waals surface area contributed by atoms with Gasteiger partial charge in [0.05, 0.1) is 12.2 Å². The molecule has 6 heteroatoms. The summed E-state index contributed by atoms with van der Waals surface area (Å²) in [6, 6.07) is 9.34. The van der Waals surface area contributed by atoms with E-state index >= 15 is 0 Å². The first kappa shape index (κ1) is 21.0. The van der Waals surface area contributed by atoms with Crippen molar-refractivity contribution in [2.24, 2.45) is 0 Å². The molecule has 6 nitrogen and oxygen atoms in total. The Hall–Kier alpha value is -3.02. The summed E-state index contributed by atoms with van der Waals surface area (Å²) in [5, 5.41) is 27.0. The van der Waals surface area contributed by atoms with Crippen molar-refractivity contribution in [2.75, 3.05) is 6.61 Å². The van der Waals surface area contributed by atoms with Crippen LogP contribution in [0.5, 0.6) is 17.2 Å². The number of aromatic hydroxyl groups is 2. The standard InChI is InChI=1S/C12H16O3.C8H8O3/c1-3-15-12-8-10(5-4-9(2)13)6-7-11(12)14;1-5-4-6(9)2-3-7(5)8(10)11/h6-8,14H,3-5H2,1-2H3;2-4,9H,1H3,(H,10,11). The molecule has 0 radical (unpaired) electrons. The molecule has 0 spiro atoms. The van der Waals surface area contributed by atoms with Crippen LogP contribution >= 0.6 is 0 Å². The Morgan fingerprint density at radius 1 is 1.08 bits per heavy atom. The van der Waals surface area contributed by atoms with Crippen LogP contribution in [0.3, 0.4) is 0 Å². The van der Waals surface area contributed by atoms with E-state index in [4.69, 9.17) is 14.9 Å². The van der Waals surface area contributed by atoms with Crippen LogP contribution in [0.4, 0.5) is 0 Å². The first-order valence-electron chi connectivity index (χ1n) is 8.21. The van der Waals surface area contributed by atoms with Crippen LogP contribution in [0.25, 0.3) is 0 Å². The first-order chi connectivity index (χ1) is 12.2. The second kappa shape index (κ2) is 10.1. The minimum absolute atomic E-state index is 0.0903. The first-order valence-corrected chi connectivity index (χ1v) is 8.21. The second-order valence-corrected chi connectivity index (χ2v) is 5.74. The highest BCUT2D eigenvalue weighted by molar-refractivity contribution is 5.89. The van der Waals surface area contributed by atoms with Crippen molar-refractivity contribution in [3.8, 4) is 17.2 Å². The molecule has 0 atom stereocenters. The van der Waals surface area contributed by atoms with Gasteiger partial charge in [0, 0.05) is 6.42 Å². The summed E-state index contributed by atoms with van der Waals surface area (Å²) in [5.41, 5.74) is 1.80. The van der Waals surface area contributed by atoms with E-state index in [-0.39, 0.29) is 22.8 Å². The van der Waals surface area contributed by atoms with E-state index in [1.165, 1.54) is 18.2 Å². The minimum Gasteiger partial charge on any atom is -0.508 e. The Bertz CT molecular complexity index is 767. The molecular formula is C20H24O6. The SMILES string of the molecule is CCOc1cc(CCC(C)=O)ccc1O.Cc1cc(O)ccc1C(=O)O. The Labute approximate surface area is 152 Å². The molecular weight excluding hydrogens is 336 g/mol. The molecule has 2 aromatic carbocycles. The number of aromatic carboxylic acids is 1. The molecule has 0 unspecified atom stereocenters. The van der Waals surface area contributed by atoms with E-state index in [9.17, 15) is 14.7 Å². The van der Waals surface area contributed by atoms with Gasteiger partial charge < -0.3 is 24.9 Å². The number of rotatable bonds is 6. The van der Waals surface area contributed by atoms with Gasteiger partial charge in [0.25, 0.3) is 0 Å². The van der Waals surface area contributed by atoms with Crippen molar-refractivity contribution in [1.82, 2.24) is 0 Å². The lowest BCUT2D eigenvalue weighted by Gasteiger charge is -2.07. The predicted octanol–water partition coefficient (Wildman–Crippen LogP) is 3.71. The number of carbonyl (C=O) groups is 2. The molecule has 0 aliphatic rings. The van der Waals surface area contributed by atoms with Crippen molar-refractivity contribution in [3.63, 3.8) is 0 Å². The Morgan fingerprint density at radius 3 is 2.31 bits per heavy atom. The third-order valence-corrected chi connectivity index (χ3v) is 3.53. The largest absolute Gasteiger partial charge is 0.508 e. The van der Waals surface area contributed by atoms with E-state index in [2.05, 4.69) is 0 Å². The van der Waals surface area contributed by atoms with Crippen molar-refractivity contribution < 1.29 is 29.6 Å². The molecule has 0 amide bonds. The van der Waals surface area contributed by atoms with Crippen LogP contribution in [0.2, 0.25) is 0 Å². The summed E-state index contributed by atoms with van der Waals surface area (Å²) in [4.78, 5) is 21.3. The summed E-state index contributed by atoms with van der Waals surface area (Å²) in [5.74, 6) is -0.0852. The summed E-state index contributed by atoms with van der Waals surface area (Å²) in [6.07, 6.45) is 1.21. The molecule has 2 aromatic rings. The van der Waals surface area contributed by atoms with Crippen molar-refractivity contribution in [1.29, 1.82) is 0 Å². The molecule has 0 aliphatic carbocycles. The summed E-state index contributed by atoms with van der Waals surface area (Å²) in [6.45, 7) is 5.60. The van der Waals surface area contributed by atoms with E-state index in [0.29, 0.717) is 30.8 Å². The highest BCUT2D eigenvalue weighted by atomic mass is 16.5. The molecule has 0 bridgehead atoms. The molecule has 0 heterocycles. The quantitative estimate of drug-likeness (QED) is 0.725. The van der Waals surface area contributed by atoms with Crippen LogP contribution < -0.4 is 4.74 Å². The number of hydrogen-bond acceptors (Lipinski definition) is 5. The summed E-state index contributed by atoms with van der Waals surface area (Å²) < 4.78 is 5.25. The number of aryl methyl sites for hydroxylation is 2. The number of carboxylic acid groups (broad SMARTS) is 1. The topological polar surface area (TPSA) is 104 Å². The normalized spacial score (nSPS) is 9.81. The Morgan fingerprint density at radius 2 is 1.77 bits per heavy atom. The molecule has 0 fully saturated rings. The molecule has 0 aromatic heterocycles. The number of phenols is 2. The molecule has 0 saturated carbocycles. The van der Waals surface area contributed by atoms with Crippen molar-refractivity contribution >= 4 is 11.8 Å². The monoisotopic (exact) mass is 360 g/mol. The number of phenolic OH excluding ortho intramolecular Hbond substituents is 2.